The molecule has 2 heterocycles. The van der Waals surface area contributed by atoms with Crippen LogP contribution in [0.3, 0.4) is 0 Å². The predicted octanol–water partition coefficient (Wildman–Crippen LogP) is 2.38. The van der Waals surface area contributed by atoms with Crippen molar-refractivity contribution in [3.8, 4) is 0 Å². The molecule has 174 valence electrons. The molecule has 7 nitrogen and oxygen atoms in total. The maximum Gasteiger partial charge on any atom is 0.224 e. The van der Waals surface area contributed by atoms with E-state index in [1.165, 1.54) is 5.69 Å². The number of rotatable bonds is 6. The van der Waals surface area contributed by atoms with Crippen molar-refractivity contribution in [2.24, 2.45) is 4.99 Å². The summed E-state index contributed by atoms with van der Waals surface area (Å²) in [5, 5.41) is 6.85. The van der Waals surface area contributed by atoms with Crippen LogP contribution in [-0.4, -0.2) is 86.6 Å². The minimum Gasteiger partial charge on any atom is -0.368 e. The molecule has 3 rings (SSSR count). The molecule has 0 aliphatic carbocycles. The number of anilines is 1. The van der Waals surface area contributed by atoms with Gasteiger partial charge in [-0.3, -0.25) is 9.79 Å². The Labute approximate surface area is 204 Å². The van der Waals surface area contributed by atoms with E-state index in [-0.39, 0.29) is 29.9 Å². The van der Waals surface area contributed by atoms with Crippen LogP contribution >= 0.6 is 24.0 Å². The summed E-state index contributed by atoms with van der Waals surface area (Å²) in [4.78, 5) is 23.8. The van der Waals surface area contributed by atoms with E-state index in [0.717, 1.165) is 58.1 Å². The standard InChI is InChI=1S/C23H38N6O.HI/c1-19(2)27-13-10-20(11-14-27)26-23(24-3)25-12-9-22(30)29-17-15-28(16-18-29)21-7-5-4-6-8-21;/h4-8,19-20H,9-18H2,1-3H3,(H2,24,25,26);1H. The van der Waals surface area contributed by atoms with Gasteiger partial charge in [-0.1, -0.05) is 18.2 Å². The van der Waals surface area contributed by atoms with Gasteiger partial charge < -0.3 is 25.3 Å². The van der Waals surface area contributed by atoms with Crippen LogP contribution < -0.4 is 15.5 Å². The SMILES string of the molecule is CN=C(NCCC(=O)N1CCN(c2ccccc2)CC1)NC1CCN(C(C)C)CC1.I. The summed E-state index contributed by atoms with van der Waals surface area (Å²) >= 11 is 0. The number of benzene rings is 1. The average Bonchev–Trinajstić information content (AvgIpc) is 2.79. The number of likely N-dealkylation sites (tertiary alicyclic amines) is 1. The molecule has 0 atom stereocenters. The van der Waals surface area contributed by atoms with Crippen molar-refractivity contribution in [1.29, 1.82) is 0 Å². The molecule has 2 saturated heterocycles. The fraction of sp³-hybridized carbons (Fsp3) is 0.652. The van der Waals surface area contributed by atoms with Crippen molar-refractivity contribution < 1.29 is 4.79 Å². The fourth-order valence-corrected chi connectivity index (χ4v) is 4.25. The highest BCUT2D eigenvalue weighted by Gasteiger charge is 2.22. The molecular weight excluding hydrogens is 503 g/mol. The molecule has 0 saturated carbocycles. The molecule has 1 aromatic carbocycles. The zero-order chi connectivity index (χ0) is 21.3. The van der Waals surface area contributed by atoms with Crippen LogP contribution in [-0.2, 0) is 4.79 Å². The molecule has 0 spiro atoms. The third-order valence-corrected chi connectivity index (χ3v) is 6.21. The number of hydrogen-bond donors (Lipinski definition) is 2. The van der Waals surface area contributed by atoms with E-state index in [9.17, 15) is 4.79 Å². The number of aliphatic imine (C=N–C) groups is 1. The summed E-state index contributed by atoms with van der Waals surface area (Å²) in [6.45, 7) is 10.7. The van der Waals surface area contributed by atoms with E-state index in [1.54, 1.807) is 7.05 Å². The third-order valence-electron chi connectivity index (χ3n) is 6.21. The van der Waals surface area contributed by atoms with E-state index in [4.69, 9.17) is 0 Å². The first-order valence-electron chi connectivity index (χ1n) is 11.4. The number of amides is 1. The second-order valence-electron chi connectivity index (χ2n) is 8.50. The highest BCUT2D eigenvalue weighted by molar-refractivity contribution is 14.0. The lowest BCUT2D eigenvalue weighted by atomic mass is 10.0. The van der Waals surface area contributed by atoms with Gasteiger partial charge in [0.1, 0.15) is 0 Å². The van der Waals surface area contributed by atoms with Gasteiger partial charge in [0.25, 0.3) is 0 Å². The minimum atomic E-state index is 0. The second-order valence-corrected chi connectivity index (χ2v) is 8.50. The summed E-state index contributed by atoms with van der Waals surface area (Å²) in [6.07, 6.45) is 2.75. The minimum absolute atomic E-state index is 0. The normalized spacial score (nSPS) is 18.6. The van der Waals surface area contributed by atoms with Crippen LogP contribution in [0.2, 0.25) is 0 Å². The number of carbonyl (C=O) groups excluding carboxylic acids is 1. The van der Waals surface area contributed by atoms with Gasteiger partial charge in [-0.15, -0.1) is 24.0 Å². The number of hydrogen-bond acceptors (Lipinski definition) is 4. The number of guanidine groups is 1. The number of piperazine rings is 1. The van der Waals surface area contributed by atoms with E-state index >= 15 is 0 Å². The van der Waals surface area contributed by atoms with Gasteiger partial charge in [0.2, 0.25) is 5.91 Å². The van der Waals surface area contributed by atoms with Gasteiger partial charge >= 0.3 is 0 Å². The zero-order valence-electron chi connectivity index (χ0n) is 19.2. The molecule has 2 fully saturated rings. The van der Waals surface area contributed by atoms with Crippen molar-refractivity contribution in [2.45, 2.75) is 45.2 Å². The molecule has 2 aliphatic rings. The van der Waals surface area contributed by atoms with Gasteiger partial charge in [-0.2, -0.15) is 0 Å². The lowest BCUT2D eigenvalue weighted by Crippen LogP contribution is -2.51. The van der Waals surface area contributed by atoms with Crippen LogP contribution in [0.25, 0.3) is 0 Å². The van der Waals surface area contributed by atoms with Crippen molar-refractivity contribution in [3.63, 3.8) is 0 Å². The van der Waals surface area contributed by atoms with Crippen LogP contribution in [0.15, 0.2) is 35.3 Å². The van der Waals surface area contributed by atoms with E-state index in [2.05, 4.69) is 63.5 Å². The first-order valence-corrected chi connectivity index (χ1v) is 11.4. The molecule has 31 heavy (non-hydrogen) atoms. The quantitative estimate of drug-likeness (QED) is 0.329. The van der Waals surface area contributed by atoms with Crippen LogP contribution in [0, 0.1) is 0 Å². The molecule has 0 bridgehead atoms. The Hall–Kier alpha value is -1.55. The molecule has 0 radical (unpaired) electrons. The van der Waals surface area contributed by atoms with Crippen molar-refractivity contribution in [2.75, 3.05) is 57.8 Å². The smallest absolute Gasteiger partial charge is 0.224 e. The molecule has 0 unspecified atom stereocenters. The third kappa shape index (κ3) is 7.82. The largest absolute Gasteiger partial charge is 0.368 e. The highest BCUT2D eigenvalue weighted by Crippen LogP contribution is 2.16. The number of nitrogens with one attached hydrogen (secondary N) is 2. The summed E-state index contributed by atoms with van der Waals surface area (Å²) in [7, 11) is 1.79. The van der Waals surface area contributed by atoms with E-state index < -0.39 is 0 Å². The number of halogens is 1. The summed E-state index contributed by atoms with van der Waals surface area (Å²) in [5.74, 6) is 1.02. The first kappa shape index (κ1) is 25.7. The van der Waals surface area contributed by atoms with Crippen molar-refractivity contribution in [1.82, 2.24) is 20.4 Å². The topological polar surface area (TPSA) is 63.2 Å². The maximum absolute atomic E-state index is 12.6. The molecule has 2 N–H and O–H groups in total. The molecule has 1 amide bonds. The summed E-state index contributed by atoms with van der Waals surface area (Å²) < 4.78 is 0. The van der Waals surface area contributed by atoms with Gasteiger partial charge in [0.15, 0.2) is 5.96 Å². The molecular formula is C23H39IN6O. The van der Waals surface area contributed by atoms with Gasteiger partial charge in [0, 0.05) is 77.1 Å². The fourth-order valence-electron chi connectivity index (χ4n) is 4.25. The molecule has 8 heteroatoms. The van der Waals surface area contributed by atoms with Gasteiger partial charge in [-0.05, 0) is 38.8 Å². The molecule has 0 aromatic heterocycles. The molecule has 2 aliphatic heterocycles. The van der Waals surface area contributed by atoms with Gasteiger partial charge in [0.05, 0.1) is 0 Å². The lowest BCUT2D eigenvalue weighted by molar-refractivity contribution is -0.131. The number of nitrogens with zero attached hydrogens (tertiary/aromatic N) is 4. The molecule has 1 aromatic rings. The second kappa shape index (κ2) is 13.1. The van der Waals surface area contributed by atoms with Gasteiger partial charge in [-0.25, -0.2) is 0 Å². The predicted molar refractivity (Wildman–Crippen MR) is 139 cm³/mol. The number of para-hydroxylation sites is 1. The Morgan fingerprint density at radius 3 is 2.29 bits per heavy atom. The average molecular weight is 543 g/mol. The number of carbonyl (C=O) groups is 1. The zero-order valence-corrected chi connectivity index (χ0v) is 21.5. The first-order chi connectivity index (χ1) is 14.6. The van der Waals surface area contributed by atoms with E-state index in [1.807, 2.05) is 11.0 Å². The van der Waals surface area contributed by atoms with Crippen LogP contribution in [0.5, 0.6) is 0 Å². The summed E-state index contributed by atoms with van der Waals surface area (Å²) in [5.41, 5.74) is 1.24. The van der Waals surface area contributed by atoms with E-state index in [0.29, 0.717) is 25.0 Å². The van der Waals surface area contributed by atoms with Crippen molar-refractivity contribution >= 4 is 41.5 Å². The Morgan fingerprint density at radius 1 is 1.06 bits per heavy atom. The monoisotopic (exact) mass is 542 g/mol. The Balaban J connectivity index is 0.00000341. The summed E-state index contributed by atoms with van der Waals surface area (Å²) in [6, 6.07) is 11.5. The van der Waals surface area contributed by atoms with Crippen molar-refractivity contribution in [3.05, 3.63) is 30.3 Å². The lowest BCUT2D eigenvalue weighted by Gasteiger charge is -2.36. The van der Waals surface area contributed by atoms with Crippen LogP contribution in [0.1, 0.15) is 33.1 Å². The highest BCUT2D eigenvalue weighted by atomic mass is 127. The Kier molecular flexibility index (Phi) is 10.9. The number of piperidine rings is 1. The Bertz CT molecular complexity index is 683. The maximum atomic E-state index is 12.6. The Morgan fingerprint density at radius 2 is 1.71 bits per heavy atom. The van der Waals surface area contributed by atoms with Crippen LogP contribution in [0.4, 0.5) is 5.69 Å².